The lowest BCUT2D eigenvalue weighted by atomic mass is 9.97. The summed E-state index contributed by atoms with van der Waals surface area (Å²) in [6.45, 7) is 3.54. The molecule has 0 saturated carbocycles. The van der Waals surface area contributed by atoms with E-state index in [9.17, 15) is 18.0 Å². The van der Waals surface area contributed by atoms with Gasteiger partial charge in [0.2, 0.25) is 0 Å². The molecule has 0 aromatic heterocycles. The first-order valence-electron chi connectivity index (χ1n) is 10.1. The first-order chi connectivity index (χ1) is 14.6. The minimum Gasteiger partial charge on any atom is -0.489 e. The fourth-order valence-electron chi connectivity index (χ4n) is 4.04. The minimum absolute atomic E-state index is 0.00624. The Bertz CT molecular complexity index is 994. The SMILES string of the molecule is Cc1c(CCC(=O)O)ccc(OCC2=C(c3ccc(Cl)cc3)CCC2C(F)(F)F)c1C. The zero-order valence-corrected chi connectivity index (χ0v) is 18.1. The Morgan fingerprint density at radius 1 is 1.13 bits per heavy atom. The second-order valence-corrected chi connectivity index (χ2v) is 8.24. The molecule has 2 aromatic carbocycles. The lowest BCUT2D eigenvalue weighted by Gasteiger charge is -2.21. The predicted molar refractivity (Wildman–Crippen MR) is 115 cm³/mol. The summed E-state index contributed by atoms with van der Waals surface area (Å²) < 4.78 is 46.9. The largest absolute Gasteiger partial charge is 0.489 e. The third-order valence-electron chi connectivity index (χ3n) is 5.92. The fourth-order valence-corrected chi connectivity index (χ4v) is 4.17. The van der Waals surface area contributed by atoms with Crippen LogP contribution in [0.5, 0.6) is 5.75 Å². The molecule has 2 aromatic rings. The van der Waals surface area contributed by atoms with Crippen LogP contribution in [0.3, 0.4) is 0 Å². The molecule has 7 heteroatoms. The molecule has 1 unspecified atom stereocenters. The summed E-state index contributed by atoms with van der Waals surface area (Å²) >= 11 is 5.93. The molecule has 1 aliphatic rings. The molecule has 31 heavy (non-hydrogen) atoms. The monoisotopic (exact) mass is 452 g/mol. The summed E-state index contributed by atoms with van der Waals surface area (Å²) in [7, 11) is 0. The van der Waals surface area contributed by atoms with E-state index in [0.717, 1.165) is 22.3 Å². The number of carboxylic acid groups (broad SMARTS) is 1. The van der Waals surface area contributed by atoms with Gasteiger partial charge in [-0.2, -0.15) is 13.2 Å². The van der Waals surface area contributed by atoms with Crippen LogP contribution in [0.15, 0.2) is 42.0 Å². The molecule has 1 atom stereocenters. The lowest BCUT2D eigenvalue weighted by Crippen LogP contribution is -2.25. The van der Waals surface area contributed by atoms with Gasteiger partial charge in [-0.15, -0.1) is 0 Å². The number of benzene rings is 2. The van der Waals surface area contributed by atoms with Crippen molar-refractivity contribution in [1.29, 1.82) is 0 Å². The van der Waals surface area contributed by atoms with Crippen molar-refractivity contribution in [3.05, 3.63) is 69.2 Å². The molecule has 0 radical (unpaired) electrons. The van der Waals surface area contributed by atoms with Gasteiger partial charge in [-0.3, -0.25) is 4.79 Å². The van der Waals surface area contributed by atoms with Crippen LogP contribution in [0.25, 0.3) is 5.57 Å². The van der Waals surface area contributed by atoms with Crippen molar-refractivity contribution in [1.82, 2.24) is 0 Å². The van der Waals surface area contributed by atoms with Crippen LogP contribution in [0.2, 0.25) is 5.02 Å². The number of ether oxygens (including phenoxy) is 1. The maximum absolute atomic E-state index is 13.7. The summed E-state index contributed by atoms with van der Waals surface area (Å²) in [4.78, 5) is 10.8. The number of aryl methyl sites for hydroxylation is 1. The van der Waals surface area contributed by atoms with E-state index in [1.807, 2.05) is 13.8 Å². The summed E-state index contributed by atoms with van der Waals surface area (Å²) in [6.07, 6.45) is -3.59. The van der Waals surface area contributed by atoms with E-state index in [4.69, 9.17) is 21.4 Å². The Kier molecular flexibility index (Phi) is 6.99. The predicted octanol–water partition coefficient (Wildman–Crippen LogP) is 6.78. The van der Waals surface area contributed by atoms with Gasteiger partial charge in [-0.1, -0.05) is 29.8 Å². The fraction of sp³-hybridized carbons (Fsp3) is 0.375. The number of rotatable bonds is 7. The number of aliphatic carboxylic acids is 1. The Labute approximate surface area is 184 Å². The van der Waals surface area contributed by atoms with Crippen molar-refractivity contribution < 1.29 is 27.8 Å². The van der Waals surface area contributed by atoms with Crippen molar-refractivity contribution >= 4 is 23.1 Å². The van der Waals surface area contributed by atoms with Crippen molar-refractivity contribution in [2.45, 2.75) is 45.7 Å². The average Bonchev–Trinajstić information content (AvgIpc) is 3.13. The number of halogens is 4. The molecule has 166 valence electrons. The van der Waals surface area contributed by atoms with Gasteiger partial charge in [-0.25, -0.2) is 0 Å². The molecule has 1 N–H and O–H groups in total. The molecular formula is C24H24ClF3O3. The Morgan fingerprint density at radius 3 is 2.42 bits per heavy atom. The van der Waals surface area contributed by atoms with Gasteiger partial charge < -0.3 is 9.84 Å². The molecule has 0 fully saturated rings. The van der Waals surface area contributed by atoms with Crippen LogP contribution >= 0.6 is 11.6 Å². The maximum atomic E-state index is 13.7. The van der Waals surface area contributed by atoms with Crippen LogP contribution in [-0.2, 0) is 11.2 Å². The number of hydrogen-bond donors (Lipinski definition) is 1. The van der Waals surface area contributed by atoms with E-state index in [-0.39, 0.29) is 25.0 Å². The number of allylic oxidation sites excluding steroid dienone is 1. The number of hydrogen-bond acceptors (Lipinski definition) is 2. The highest BCUT2D eigenvalue weighted by Crippen LogP contribution is 2.46. The highest BCUT2D eigenvalue weighted by molar-refractivity contribution is 6.30. The second kappa shape index (κ2) is 9.35. The maximum Gasteiger partial charge on any atom is 0.395 e. The number of alkyl halides is 3. The van der Waals surface area contributed by atoms with E-state index in [1.165, 1.54) is 0 Å². The number of carboxylic acids is 1. The molecule has 0 saturated heterocycles. The smallest absolute Gasteiger partial charge is 0.395 e. The third kappa shape index (κ3) is 5.42. The average molecular weight is 453 g/mol. The zero-order valence-electron chi connectivity index (χ0n) is 17.4. The quantitative estimate of drug-likeness (QED) is 0.503. The van der Waals surface area contributed by atoms with Gasteiger partial charge in [0, 0.05) is 11.4 Å². The van der Waals surface area contributed by atoms with Crippen LogP contribution in [-0.4, -0.2) is 23.9 Å². The Balaban J connectivity index is 1.87. The molecule has 3 rings (SSSR count). The molecule has 0 aliphatic heterocycles. The van der Waals surface area contributed by atoms with Crippen molar-refractivity contribution in [2.75, 3.05) is 6.61 Å². The van der Waals surface area contributed by atoms with Gasteiger partial charge in [0.15, 0.2) is 0 Å². The highest BCUT2D eigenvalue weighted by Gasteiger charge is 2.45. The molecule has 0 amide bonds. The van der Waals surface area contributed by atoms with Crippen molar-refractivity contribution in [3.8, 4) is 5.75 Å². The van der Waals surface area contributed by atoms with Crippen molar-refractivity contribution in [2.24, 2.45) is 5.92 Å². The van der Waals surface area contributed by atoms with Gasteiger partial charge >= 0.3 is 12.1 Å². The van der Waals surface area contributed by atoms with Gasteiger partial charge in [0.1, 0.15) is 12.4 Å². The van der Waals surface area contributed by atoms with Crippen LogP contribution in [0.4, 0.5) is 13.2 Å². The second-order valence-electron chi connectivity index (χ2n) is 7.80. The van der Waals surface area contributed by atoms with E-state index >= 15 is 0 Å². The minimum atomic E-state index is -4.33. The van der Waals surface area contributed by atoms with Gasteiger partial charge in [0.05, 0.1) is 5.92 Å². The summed E-state index contributed by atoms with van der Waals surface area (Å²) in [6, 6.07) is 10.3. The molecule has 0 spiro atoms. The Morgan fingerprint density at radius 2 is 1.81 bits per heavy atom. The Hall–Kier alpha value is -2.47. The van der Waals surface area contributed by atoms with E-state index in [0.29, 0.717) is 29.2 Å². The lowest BCUT2D eigenvalue weighted by molar-refractivity contribution is -0.164. The first kappa shape index (κ1) is 23.2. The van der Waals surface area contributed by atoms with E-state index < -0.39 is 18.1 Å². The standard InChI is InChI=1S/C24H24ClF3O3/c1-14-15(2)22(11-5-16(14)6-12-23(29)30)31-13-20-19(9-10-21(20)24(26,27)28)17-3-7-18(25)8-4-17/h3-5,7-8,11,21H,6,9-10,12-13H2,1-2H3,(H,29,30). The van der Waals surface area contributed by atoms with E-state index in [1.54, 1.807) is 36.4 Å². The van der Waals surface area contributed by atoms with Crippen LogP contribution < -0.4 is 4.74 Å². The molecule has 0 bridgehead atoms. The highest BCUT2D eigenvalue weighted by atomic mass is 35.5. The molecule has 1 aliphatic carbocycles. The zero-order chi connectivity index (χ0) is 22.8. The molecular weight excluding hydrogens is 429 g/mol. The topological polar surface area (TPSA) is 46.5 Å². The van der Waals surface area contributed by atoms with E-state index in [2.05, 4.69) is 0 Å². The summed E-state index contributed by atoms with van der Waals surface area (Å²) in [5.41, 5.74) is 4.23. The van der Waals surface area contributed by atoms with Crippen LogP contribution in [0, 0.1) is 19.8 Å². The summed E-state index contributed by atoms with van der Waals surface area (Å²) in [5.74, 6) is -1.90. The molecule has 0 heterocycles. The van der Waals surface area contributed by atoms with Crippen molar-refractivity contribution in [3.63, 3.8) is 0 Å². The summed E-state index contributed by atoms with van der Waals surface area (Å²) in [5, 5.41) is 9.42. The van der Waals surface area contributed by atoms with Crippen LogP contribution in [0.1, 0.15) is 41.5 Å². The van der Waals surface area contributed by atoms with Gasteiger partial charge in [-0.05, 0) is 84.7 Å². The van der Waals surface area contributed by atoms with Gasteiger partial charge in [0.25, 0.3) is 0 Å². The molecule has 3 nitrogen and oxygen atoms in total. The normalized spacial score (nSPS) is 16.6. The first-order valence-corrected chi connectivity index (χ1v) is 10.4. The number of carbonyl (C=O) groups is 1. The third-order valence-corrected chi connectivity index (χ3v) is 6.17.